The van der Waals surface area contributed by atoms with Crippen LogP contribution in [-0.4, -0.2) is 37.7 Å². The fourth-order valence-electron chi connectivity index (χ4n) is 2.35. The Hall–Kier alpha value is -2.40. The summed E-state index contributed by atoms with van der Waals surface area (Å²) in [6.07, 6.45) is 1.67. The molecule has 0 spiro atoms. The lowest BCUT2D eigenvalue weighted by molar-refractivity contribution is 0.0937. The zero-order valence-corrected chi connectivity index (χ0v) is 13.9. The van der Waals surface area contributed by atoms with Gasteiger partial charge in [0, 0.05) is 37.6 Å². The van der Waals surface area contributed by atoms with Gasteiger partial charge in [0.1, 0.15) is 5.82 Å². The van der Waals surface area contributed by atoms with Gasteiger partial charge in [-0.25, -0.2) is 4.98 Å². The maximum Gasteiger partial charge on any atom is 0.251 e. The van der Waals surface area contributed by atoms with E-state index >= 15 is 0 Å². The lowest BCUT2D eigenvalue weighted by Crippen LogP contribution is -2.27. The minimum atomic E-state index is -0.119. The Morgan fingerprint density at radius 3 is 2.83 bits per heavy atom. The SMILES string of the molecule is CCN(c1cccc(C)c1)c1cc(C(=O)NCCOC)ccn1. The third kappa shape index (κ3) is 4.53. The van der Waals surface area contributed by atoms with Crippen LogP contribution >= 0.6 is 0 Å². The molecule has 0 bridgehead atoms. The zero-order valence-electron chi connectivity index (χ0n) is 13.9. The number of aryl methyl sites for hydroxylation is 1. The average Bonchev–Trinajstić information content (AvgIpc) is 2.56. The normalized spacial score (nSPS) is 10.4. The van der Waals surface area contributed by atoms with Crippen LogP contribution < -0.4 is 10.2 Å². The summed E-state index contributed by atoms with van der Waals surface area (Å²) in [7, 11) is 1.61. The summed E-state index contributed by atoms with van der Waals surface area (Å²) in [6, 6.07) is 11.8. The molecule has 1 aromatic carbocycles. The van der Waals surface area contributed by atoms with E-state index in [0.29, 0.717) is 18.7 Å². The highest BCUT2D eigenvalue weighted by molar-refractivity contribution is 5.95. The predicted molar refractivity (Wildman–Crippen MR) is 92.3 cm³/mol. The van der Waals surface area contributed by atoms with Crippen LogP contribution in [0.1, 0.15) is 22.8 Å². The van der Waals surface area contributed by atoms with Crippen molar-refractivity contribution in [2.24, 2.45) is 0 Å². The molecule has 1 N–H and O–H groups in total. The quantitative estimate of drug-likeness (QED) is 0.799. The van der Waals surface area contributed by atoms with Gasteiger partial charge in [0.05, 0.1) is 6.61 Å². The van der Waals surface area contributed by atoms with Gasteiger partial charge in [-0.2, -0.15) is 0 Å². The summed E-state index contributed by atoms with van der Waals surface area (Å²) in [4.78, 5) is 18.7. The Labute approximate surface area is 137 Å². The summed E-state index contributed by atoms with van der Waals surface area (Å²) in [6.45, 7) is 5.88. The smallest absolute Gasteiger partial charge is 0.251 e. The van der Waals surface area contributed by atoms with E-state index in [0.717, 1.165) is 18.1 Å². The Morgan fingerprint density at radius 2 is 2.13 bits per heavy atom. The van der Waals surface area contributed by atoms with Crippen LogP contribution in [-0.2, 0) is 4.74 Å². The summed E-state index contributed by atoms with van der Waals surface area (Å²) in [5, 5.41) is 2.82. The molecule has 0 aliphatic heterocycles. The van der Waals surface area contributed by atoms with Crippen molar-refractivity contribution in [3.05, 3.63) is 53.7 Å². The molecule has 5 nitrogen and oxygen atoms in total. The lowest BCUT2D eigenvalue weighted by atomic mass is 10.2. The Kier molecular flexibility index (Phi) is 6.11. The van der Waals surface area contributed by atoms with E-state index < -0.39 is 0 Å². The first-order valence-electron chi connectivity index (χ1n) is 7.73. The van der Waals surface area contributed by atoms with E-state index in [9.17, 15) is 4.79 Å². The monoisotopic (exact) mass is 313 g/mol. The van der Waals surface area contributed by atoms with E-state index in [1.807, 2.05) is 18.2 Å². The maximum atomic E-state index is 12.2. The van der Waals surface area contributed by atoms with Crippen LogP contribution in [0.4, 0.5) is 11.5 Å². The van der Waals surface area contributed by atoms with E-state index in [4.69, 9.17) is 4.74 Å². The first-order valence-corrected chi connectivity index (χ1v) is 7.73. The Balaban J connectivity index is 2.21. The number of amides is 1. The largest absolute Gasteiger partial charge is 0.383 e. The molecule has 0 aliphatic carbocycles. The van der Waals surface area contributed by atoms with Gasteiger partial charge in [0.15, 0.2) is 0 Å². The number of hydrogen-bond acceptors (Lipinski definition) is 4. The molecule has 2 rings (SSSR count). The molecule has 0 radical (unpaired) electrons. The number of ether oxygens (including phenoxy) is 1. The average molecular weight is 313 g/mol. The van der Waals surface area contributed by atoms with E-state index in [-0.39, 0.29) is 5.91 Å². The van der Waals surface area contributed by atoms with Gasteiger partial charge in [0.25, 0.3) is 5.91 Å². The van der Waals surface area contributed by atoms with Crippen molar-refractivity contribution in [3.63, 3.8) is 0 Å². The molecular formula is C18H23N3O2. The zero-order chi connectivity index (χ0) is 16.7. The second-order valence-corrected chi connectivity index (χ2v) is 5.23. The van der Waals surface area contributed by atoms with Crippen molar-refractivity contribution in [1.29, 1.82) is 0 Å². The fraction of sp³-hybridized carbons (Fsp3) is 0.333. The molecule has 1 aromatic heterocycles. The van der Waals surface area contributed by atoms with Crippen molar-refractivity contribution in [2.75, 3.05) is 31.7 Å². The third-order valence-corrected chi connectivity index (χ3v) is 3.51. The van der Waals surface area contributed by atoms with E-state index in [1.54, 1.807) is 19.4 Å². The van der Waals surface area contributed by atoms with Crippen molar-refractivity contribution in [2.45, 2.75) is 13.8 Å². The van der Waals surface area contributed by atoms with Gasteiger partial charge >= 0.3 is 0 Å². The topological polar surface area (TPSA) is 54.5 Å². The van der Waals surface area contributed by atoms with Crippen LogP contribution in [0.2, 0.25) is 0 Å². The van der Waals surface area contributed by atoms with Crippen LogP contribution in [0.3, 0.4) is 0 Å². The highest BCUT2D eigenvalue weighted by atomic mass is 16.5. The number of carbonyl (C=O) groups excluding carboxylic acids is 1. The second kappa shape index (κ2) is 8.29. The Bertz CT molecular complexity index is 658. The number of hydrogen-bond donors (Lipinski definition) is 1. The number of benzene rings is 1. The lowest BCUT2D eigenvalue weighted by Gasteiger charge is -2.23. The number of methoxy groups -OCH3 is 1. The minimum Gasteiger partial charge on any atom is -0.383 e. The molecule has 1 amide bonds. The van der Waals surface area contributed by atoms with Crippen molar-refractivity contribution in [3.8, 4) is 0 Å². The van der Waals surface area contributed by atoms with Crippen molar-refractivity contribution in [1.82, 2.24) is 10.3 Å². The van der Waals surface area contributed by atoms with Crippen molar-refractivity contribution >= 4 is 17.4 Å². The third-order valence-electron chi connectivity index (χ3n) is 3.51. The van der Waals surface area contributed by atoms with Gasteiger partial charge in [0.2, 0.25) is 0 Å². The fourth-order valence-corrected chi connectivity index (χ4v) is 2.35. The number of anilines is 2. The van der Waals surface area contributed by atoms with Crippen molar-refractivity contribution < 1.29 is 9.53 Å². The molecule has 5 heteroatoms. The maximum absolute atomic E-state index is 12.2. The van der Waals surface area contributed by atoms with E-state index in [2.05, 4.69) is 41.2 Å². The van der Waals surface area contributed by atoms with Gasteiger partial charge in [-0.3, -0.25) is 4.79 Å². The van der Waals surface area contributed by atoms with E-state index in [1.165, 1.54) is 5.56 Å². The first-order chi connectivity index (χ1) is 11.2. The number of rotatable bonds is 7. The molecule has 0 aliphatic rings. The molecule has 0 saturated heterocycles. The summed E-state index contributed by atoms with van der Waals surface area (Å²) >= 11 is 0. The van der Waals surface area contributed by atoms with Crippen LogP contribution in [0, 0.1) is 6.92 Å². The van der Waals surface area contributed by atoms with Gasteiger partial charge in [-0.1, -0.05) is 12.1 Å². The molecule has 0 unspecified atom stereocenters. The highest BCUT2D eigenvalue weighted by Crippen LogP contribution is 2.24. The van der Waals surface area contributed by atoms with Gasteiger partial charge in [-0.15, -0.1) is 0 Å². The number of carbonyl (C=O) groups is 1. The van der Waals surface area contributed by atoms with Gasteiger partial charge in [-0.05, 0) is 43.7 Å². The molecule has 23 heavy (non-hydrogen) atoms. The summed E-state index contributed by atoms with van der Waals surface area (Å²) in [5.74, 6) is 0.642. The minimum absolute atomic E-state index is 0.119. The number of nitrogens with zero attached hydrogens (tertiary/aromatic N) is 2. The Morgan fingerprint density at radius 1 is 1.30 bits per heavy atom. The summed E-state index contributed by atoms with van der Waals surface area (Å²) in [5.41, 5.74) is 2.85. The standard InChI is InChI=1S/C18H23N3O2/c1-4-21(16-7-5-6-14(2)12-16)17-13-15(8-9-19-17)18(22)20-10-11-23-3/h5-9,12-13H,4,10-11H2,1-3H3,(H,20,22). The number of pyridine rings is 1. The number of aromatic nitrogens is 1. The highest BCUT2D eigenvalue weighted by Gasteiger charge is 2.12. The van der Waals surface area contributed by atoms with Crippen LogP contribution in [0.15, 0.2) is 42.6 Å². The molecule has 0 atom stereocenters. The molecule has 2 aromatic rings. The summed E-state index contributed by atoms with van der Waals surface area (Å²) < 4.78 is 4.94. The van der Waals surface area contributed by atoms with Crippen LogP contribution in [0.5, 0.6) is 0 Å². The molecule has 0 saturated carbocycles. The van der Waals surface area contributed by atoms with Crippen LogP contribution in [0.25, 0.3) is 0 Å². The predicted octanol–water partition coefficient (Wildman–Crippen LogP) is 2.92. The molecule has 1 heterocycles. The first kappa shape index (κ1) is 17.0. The molecule has 122 valence electrons. The second-order valence-electron chi connectivity index (χ2n) is 5.23. The van der Waals surface area contributed by atoms with Gasteiger partial charge < -0.3 is 15.0 Å². The molecular weight excluding hydrogens is 290 g/mol. The molecule has 0 fully saturated rings. The number of nitrogens with one attached hydrogen (secondary N) is 1.